The van der Waals surface area contributed by atoms with E-state index in [4.69, 9.17) is 0 Å². The van der Waals surface area contributed by atoms with E-state index < -0.39 is 10.0 Å². The van der Waals surface area contributed by atoms with Crippen LogP contribution in [0.25, 0.3) is 0 Å². The van der Waals surface area contributed by atoms with Crippen LogP contribution in [0, 0.1) is 0 Å². The van der Waals surface area contributed by atoms with Crippen molar-refractivity contribution in [1.82, 2.24) is 14.7 Å². The molecule has 0 amide bonds. The van der Waals surface area contributed by atoms with Gasteiger partial charge in [-0.1, -0.05) is 6.92 Å². The molecule has 0 saturated heterocycles. The highest BCUT2D eigenvalue weighted by atomic mass is 32.2. The first-order chi connectivity index (χ1) is 7.94. The van der Waals surface area contributed by atoms with Crippen LogP contribution in [0.4, 0.5) is 5.82 Å². The number of anilines is 1. The van der Waals surface area contributed by atoms with Crippen molar-refractivity contribution in [2.45, 2.75) is 19.9 Å². The maximum atomic E-state index is 11.4. The third kappa shape index (κ3) is 4.66. The van der Waals surface area contributed by atoms with Gasteiger partial charge in [0.1, 0.15) is 11.6 Å². The standard InChI is InChI=1S/C10H18N4O2S/c1-4-7-17(15,16)12-8-9-11-6-5-10(13-9)14(2)3/h5-6,12H,4,7-8H2,1-3H3. The lowest BCUT2D eigenvalue weighted by atomic mass is 10.5. The van der Waals surface area contributed by atoms with E-state index in [-0.39, 0.29) is 12.3 Å². The van der Waals surface area contributed by atoms with Crippen molar-refractivity contribution in [1.29, 1.82) is 0 Å². The summed E-state index contributed by atoms with van der Waals surface area (Å²) in [5, 5.41) is 0. The maximum Gasteiger partial charge on any atom is 0.211 e. The average Bonchev–Trinajstić information content (AvgIpc) is 2.27. The Morgan fingerprint density at radius 2 is 2.12 bits per heavy atom. The van der Waals surface area contributed by atoms with Crippen molar-refractivity contribution in [3.8, 4) is 0 Å². The Morgan fingerprint density at radius 1 is 1.41 bits per heavy atom. The minimum atomic E-state index is -3.21. The lowest BCUT2D eigenvalue weighted by Gasteiger charge is -2.11. The van der Waals surface area contributed by atoms with Gasteiger partial charge in [-0.05, 0) is 12.5 Å². The molecular formula is C10H18N4O2S. The van der Waals surface area contributed by atoms with Crippen molar-refractivity contribution in [2.75, 3.05) is 24.7 Å². The summed E-state index contributed by atoms with van der Waals surface area (Å²) in [7, 11) is 0.530. The number of sulfonamides is 1. The highest BCUT2D eigenvalue weighted by Gasteiger charge is 2.09. The predicted molar refractivity (Wildman–Crippen MR) is 67.3 cm³/mol. The molecule has 1 N–H and O–H groups in total. The Morgan fingerprint density at radius 3 is 2.71 bits per heavy atom. The van der Waals surface area contributed by atoms with Crippen LogP contribution in [0.3, 0.4) is 0 Å². The highest BCUT2D eigenvalue weighted by Crippen LogP contribution is 2.05. The first kappa shape index (κ1) is 13.9. The molecule has 0 bridgehead atoms. The quantitative estimate of drug-likeness (QED) is 0.798. The van der Waals surface area contributed by atoms with Gasteiger partial charge < -0.3 is 4.90 Å². The van der Waals surface area contributed by atoms with Crippen molar-refractivity contribution in [3.05, 3.63) is 18.1 Å². The molecule has 0 atom stereocenters. The molecule has 0 fully saturated rings. The summed E-state index contributed by atoms with van der Waals surface area (Å²) >= 11 is 0. The van der Waals surface area contributed by atoms with E-state index in [0.717, 1.165) is 5.82 Å². The number of hydrogen-bond donors (Lipinski definition) is 1. The third-order valence-electron chi connectivity index (χ3n) is 2.07. The molecule has 1 rings (SSSR count). The van der Waals surface area contributed by atoms with Crippen LogP contribution in [0.2, 0.25) is 0 Å². The SMILES string of the molecule is CCCS(=O)(=O)NCc1nccc(N(C)C)n1. The fourth-order valence-corrected chi connectivity index (χ4v) is 2.27. The summed E-state index contributed by atoms with van der Waals surface area (Å²) in [6, 6.07) is 1.77. The molecule has 1 aromatic heterocycles. The lowest BCUT2D eigenvalue weighted by Crippen LogP contribution is -2.26. The van der Waals surface area contributed by atoms with E-state index in [1.807, 2.05) is 25.9 Å². The first-order valence-corrected chi connectivity index (χ1v) is 7.06. The van der Waals surface area contributed by atoms with Gasteiger partial charge in [0.2, 0.25) is 10.0 Å². The third-order valence-corrected chi connectivity index (χ3v) is 3.60. The second-order valence-electron chi connectivity index (χ2n) is 3.87. The Balaban J connectivity index is 2.67. The van der Waals surface area contributed by atoms with Crippen molar-refractivity contribution < 1.29 is 8.42 Å². The fourth-order valence-electron chi connectivity index (χ4n) is 1.24. The molecule has 1 heterocycles. The van der Waals surface area contributed by atoms with Crippen LogP contribution < -0.4 is 9.62 Å². The minimum absolute atomic E-state index is 0.125. The summed E-state index contributed by atoms with van der Waals surface area (Å²) < 4.78 is 25.4. The molecule has 0 aliphatic rings. The predicted octanol–water partition coefficient (Wildman–Crippen LogP) is 0.372. The second-order valence-corrected chi connectivity index (χ2v) is 5.79. The molecule has 17 heavy (non-hydrogen) atoms. The van der Waals surface area contributed by atoms with E-state index in [0.29, 0.717) is 12.2 Å². The molecule has 0 saturated carbocycles. The molecule has 0 aromatic carbocycles. The highest BCUT2D eigenvalue weighted by molar-refractivity contribution is 7.89. The first-order valence-electron chi connectivity index (χ1n) is 5.41. The summed E-state index contributed by atoms with van der Waals surface area (Å²) in [5.41, 5.74) is 0. The summed E-state index contributed by atoms with van der Waals surface area (Å²) in [6.07, 6.45) is 2.21. The van der Waals surface area contributed by atoms with Gasteiger partial charge in [-0.2, -0.15) is 0 Å². The number of hydrogen-bond acceptors (Lipinski definition) is 5. The Labute approximate surface area is 102 Å². The number of rotatable bonds is 6. The van der Waals surface area contributed by atoms with Crippen LogP contribution in [0.15, 0.2) is 12.3 Å². The molecule has 0 unspecified atom stereocenters. The van der Waals surface area contributed by atoms with E-state index >= 15 is 0 Å². The van der Waals surface area contributed by atoms with E-state index in [9.17, 15) is 8.42 Å². The molecular weight excluding hydrogens is 240 g/mol. The number of nitrogens with one attached hydrogen (secondary N) is 1. The molecule has 0 aliphatic carbocycles. The Hall–Kier alpha value is -1.21. The van der Waals surface area contributed by atoms with Crippen LogP contribution in [-0.4, -0.2) is 38.2 Å². The smallest absolute Gasteiger partial charge is 0.211 e. The van der Waals surface area contributed by atoms with Crippen LogP contribution in [-0.2, 0) is 16.6 Å². The van der Waals surface area contributed by atoms with Crippen molar-refractivity contribution in [3.63, 3.8) is 0 Å². The van der Waals surface area contributed by atoms with Gasteiger partial charge in [0, 0.05) is 20.3 Å². The number of aromatic nitrogens is 2. The van der Waals surface area contributed by atoms with Gasteiger partial charge >= 0.3 is 0 Å². The van der Waals surface area contributed by atoms with Gasteiger partial charge in [0.05, 0.1) is 12.3 Å². The zero-order valence-electron chi connectivity index (χ0n) is 10.3. The van der Waals surface area contributed by atoms with Gasteiger partial charge in [-0.25, -0.2) is 23.1 Å². The van der Waals surface area contributed by atoms with Gasteiger partial charge in [0.25, 0.3) is 0 Å². The fraction of sp³-hybridized carbons (Fsp3) is 0.600. The molecule has 0 aliphatic heterocycles. The minimum Gasteiger partial charge on any atom is -0.363 e. The summed E-state index contributed by atoms with van der Waals surface area (Å²) in [5.74, 6) is 1.35. The van der Waals surface area contributed by atoms with E-state index in [2.05, 4.69) is 14.7 Å². The summed E-state index contributed by atoms with van der Waals surface area (Å²) in [4.78, 5) is 10.1. The van der Waals surface area contributed by atoms with Crippen LogP contribution in [0.1, 0.15) is 19.2 Å². The second kappa shape index (κ2) is 5.92. The normalized spacial score (nSPS) is 11.5. The van der Waals surface area contributed by atoms with Crippen LogP contribution in [0.5, 0.6) is 0 Å². The largest absolute Gasteiger partial charge is 0.363 e. The topological polar surface area (TPSA) is 75.2 Å². The zero-order valence-corrected chi connectivity index (χ0v) is 11.2. The molecule has 1 aromatic rings. The van der Waals surface area contributed by atoms with E-state index in [1.165, 1.54) is 0 Å². The van der Waals surface area contributed by atoms with Gasteiger partial charge in [-0.3, -0.25) is 0 Å². The molecule has 6 nitrogen and oxygen atoms in total. The lowest BCUT2D eigenvalue weighted by molar-refractivity contribution is 0.578. The monoisotopic (exact) mass is 258 g/mol. The number of nitrogens with zero attached hydrogens (tertiary/aromatic N) is 3. The zero-order chi connectivity index (χ0) is 12.9. The van der Waals surface area contributed by atoms with Crippen LogP contribution >= 0.6 is 0 Å². The average molecular weight is 258 g/mol. The van der Waals surface area contributed by atoms with E-state index in [1.54, 1.807) is 12.3 Å². The summed E-state index contributed by atoms with van der Waals surface area (Å²) in [6.45, 7) is 1.95. The molecule has 0 radical (unpaired) electrons. The molecule has 0 spiro atoms. The maximum absolute atomic E-state index is 11.4. The van der Waals surface area contributed by atoms with Crippen molar-refractivity contribution in [2.24, 2.45) is 0 Å². The molecule has 96 valence electrons. The Bertz CT molecular complexity index is 459. The van der Waals surface area contributed by atoms with Gasteiger partial charge in [-0.15, -0.1) is 0 Å². The van der Waals surface area contributed by atoms with Crippen molar-refractivity contribution >= 4 is 15.8 Å². The molecule has 7 heteroatoms. The Kier molecular flexibility index (Phi) is 4.83. The van der Waals surface area contributed by atoms with Gasteiger partial charge in [0.15, 0.2) is 0 Å².